The molecule has 5 heteroatoms. The van der Waals surface area contributed by atoms with E-state index in [1.807, 2.05) is 37.1 Å². The van der Waals surface area contributed by atoms with Gasteiger partial charge in [-0.2, -0.15) is 0 Å². The number of carbonyl (C=O) groups is 1. The van der Waals surface area contributed by atoms with Gasteiger partial charge in [-0.05, 0) is 44.6 Å². The van der Waals surface area contributed by atoms with Crippen LogP contribution < -0.4 is 20.7 Å². The van der Waals surface area contributed by atoms with E-state index in [1.54, 1.807) is 0 Å². The van der Waals surface area contributed by atoms with Crippen molar-refractivity contribution in [3.8, 4) is 5.75 Å². The van der Waals surface area contributed by atoms with Crippen molar-refractivity contribution in [2.75, 3.05) is 25.1 Å². The standard InChI is InChI=1S/C14H21N3O2/c1-10(5-6-15)17-12-7-11(8-16-2)3-4-13(12)19-9-14(17)18/h3-4,7,10,16H,5-6,8-9,15H2,1-2H3. The highest BCUT2D eigenvalue weighted by Crippen LogP contribution is 2.34. The van der Waals surface area contributed by atoms with E-state index >= 15 is 0 Å². The molecule has 1 heterocycles. The van der Waals surface area contributed by atoms with Crippen LogP contribution in [0.1, 0.15) is 18.9 Å². The van der Waals surface area contributed by atoms with Crippen LogP contribution in [0.25, 0.3) is 0 Å². The summed E-state index contributed by atoms with van der Waals surface area (Å²) >= 11 is 0. The van der Waals surface area contributed by atoms with E-state index < -0.39 is 0 Å². The first-order valence-corrected chi connectivity index (χ1v) is 6.59. The lowest BCUT2D eigenvalue weighted by molar-refractivity contribution is -0.121. The zero-order valence-corrected chi connectivity index (χ0v) is 11.5. The lowest BCUT2D eigenvalue weighted by atomic mass is 10.1. The van der Waals surface area contributed by atoms with Crippen molar-refractivity contribution in [3.05, 3.63) is 23.8 Å². The molecule has 19 heavy (non-hydrogen) atoms. The minimum absolute atomic E-state index is 0.00458. The fourth-order valence-electron chi connectivity index (χ4n) is 2.38. The number of hydrogen-bond donors (Lipinski definition) is 2. The average Bonchev–Trinajstić information content (AvgIpc) is 2.39. The van der Waals surface area contributed by atoms with Crippen molar-refractivity contribution in [2.45, 2.75) is 25.9 Å². The highest BCUT2D eigenvalue weighted by Gasteiger charge is 2.29. The fraction of sp³-hybridized carbons (Fsp3) is 0.500. The molecule has 0 aliphatic carbocycles. The van der Waals surface area contributed by atoms with Crippen LogP contribution in [-0.2, 0) is 11.3 Å². The number of fused-ring (bicyclic) bond motifs is 1. The Morgan fingerprint density at radius 1 is 1.53 bits per heavy atom. The molecule has 2 rings (SSSR count). The number of nitrogens with one attached hydrogen (secondary N) is 1. The molecule has 3 N–H and O–H groups in total. The zero-order chi connectivity index (χ0) is 13.8. The summed E-state index contributed by atoms with van der Waals surface area (Å²) in [7, 11) is 1.90. The van der Waals surface area contributed by atoms with Gasteiger partial charge in [0.1, 0.15) is 5.75 Å². The molecule has 1 aliphatic rings. The minimum atomic E-state index is -0.00458. The zero-order valence-electron chi connectivity index (χ0n) is 11.5. The second-order valence-electron chi connectivity index (χ2n) is 4.81. The molecule has 0 saturated heterocycles. The predicted molar refractivity (Wildman–Crippen MR) is 75.3 cm³/mol. The van der Waals surface area contributed by atoms with Crippen LogP contribution in [0, 0.1) is 0 Å². The van der Waals surface area contributed by atoms with Crippen molar-refractivity contribution in [2.24, 2.45) is 5.73 Å². The maximum absolute atomic E-state index is 12.1. The molecule has 5 nitrogen and oxygen atoms in total. The Morgan fingerprint density at radius 3 is 3.00 bits per heavy atom. The molecule has 1 aromatic carbocycles. The van der Waals surface area contributed by atoms with Crippen molar-refractivity contribution >= 4 is 11.6 Å². The summed E-state index contributed by atoms with van der Waals surface area (Å²) in [4.78, 5) is 13.9. The Bertz CT molecular complexity index is 462. The molecule has 0 saturated carbocycles. The predicted octanol–water partition coefficient (Wildman–Crippen LogP) is 0.869. The summed E-state index contributed by atoms with van der Waals surface area (Å²) in [5.41, 5.74) is 7.58. The monoisotopic (exact) mass is 263 g/mol. The third-order valence-corrected chi connectivity index (χ3v) is 3.31. The van der Waals surface area contributed by atoms with Crippen LogP contribution in [0.15, 0.2) is 18.2 Å². The van der Waals surface area contributed by atoms with Gasteiger partial charge in [0.15, 0.2) is 6.61 Å². The quantitative estimate of drug-likeness (QED) is 0.827. The van der Waals surface area contributed by atoms with Gasteiger partial charge in [-0.3, -0.25) is 4.79 Å². The average molecular weight is 263 g/mol. The number of anilines is 1. The molecule has 1 aromatic rings. The van der Waals surface area contributed by atoms with E-state index in [2.05, 4.69) is 5.32 Å². The molecule has 0 aromatic heterocycles. The van der Waals surface area contributed by atoms with Crippen molar-refractivity contribution in [1.82, 2.24) is 5.32 Å². The van der Waals surface area contributed by atoms with Gasteiger partial charge in [0.25, 0.3) is 5.91 Å². The molecule has 1 unspecified atom stereocenters. The van der Waals surface area contributed by atoms with Gasteiger partial charge in [0, 0.05) is 12.6 Å². The van der Waals surface area contributed by atoms with Crippen LogP contribution in [-0.4, -0.2) is 32.1 Å². The molecule has 0 fully saturated rings. The van der Waals surface area contributed by atoms with Crippen LogP contribution in [0.5, 0.6) is 5.75 Å². The number of rotatable bonds is 5. The maximum atomic E-state index is 12.1. The number of hydrogen-bond acceptors (Lipinski definition) is 4. The van der Waals surface area contributed by atoms with Gasteiger partial charge in [-0.25, -0.2) is 0 Å². The van der Waals surface area contributed by atoms with Crippen molar-refractivity contribution in [1.29, 1.82) is 0 Å². The van der Waals surface area contributed by atoms with Gasteiger partial charge >= 0.3 is 0 Å². The van der Waals surface area contributed by atoms with Crippen molar-refractivity contribution < 1.29 is 9.53 Å². The second-order valence-corrected chi connectivity index (χ2v) is 4.81. The summed E-state index contributed by atoms with van der Waals surface area (Å²) in [5.74, 6) is 0.762. The first-order chi connectivity index (χ1) is 9.17. The van der Waals surface area contributed by atoms with Crippen LogP contribution >= 0.6 is 0 Å². The molecule has 0 bridgehead atoms. The number of nitrogens with two attached hydrogens (primary N) is 1. The molecule has 1 amide bonds. The molecule has 0 radical (unpaired) electrons. The fourth-order valence-corrected chi connectivity index (χ4v) is 2.38. The summed E-state index contributed by atoms with van der Waals surface area (Å²) in [6.07, 6.45) is 0.779. The van der Waals surface area contributed by atoms with Gasteiger partial charge in [-0.1, -0.05) is 6.07 Å². The second kappa shape index (κ2) is 6.04. The van der Waals surface area contributed by atoms with E-state index in [-0.39, 0.29) is 18.6 Å². The maximum Gasteiger partial charge on any atom is 0.265 e. The Kier molecular flexibility index (Phi) is 4.39. The molecular formula is C14H21N3O2. The minimum Gasteiger partial charge on any atom is -0.482 e. The summed E-state index contributed by atoms with van der Waals surface area (Å²) < 4.78 is 5.48. The summed E-state index contributed by atoms with van der Waals surface area (Å²) in [6, 6.07) is 6.04. The lowest BCUT2D eigenvalue weighted by Gasteiger charge is -2.34. The van der Waals surface area contributed by atoms with Gasteiger partial charge in [0.2, 0.25) is 0 Å². The highest BCUT2D eigenvalue weighted by atomic mass is 16.5. The van der Waals surface area contributed by atoms with E-state index in [9.17, 15) is 4.79 Å². The smallest absolute Gasteiger partial charge is 0.265 e. The van der Waals surface area contributed by atoms with Gasteiger partial charge in [-0.15, -0.1) is 0 Å². The van der Waals surface area contributed by atoms with Crippen LogP contribution in [0.4, 0.5) is 5.69 Å². The van der Waals surface area contributed by atoms with E-state index in [0.717, 1.165) is 30.0 Å². The largest absolute Gasteiger partial charge is 0.482 e. The van der Waals surface area contributed by atoms with E-state index in [4.69, 9.17) is 10.5 Å². The molecular weight excluding hydrogens is 242 g/mol. The molecule has 1 aliphatic heterocycles. The summed E-state index contributed by atoms with van der Waals surface area (Å²) in [5, 5.41) is 3.11. The Morgan fingerprint density at radius 2 is 2.32 bits per heavy atom. The van der Waals surface area contributed by atoms with E-state index in [1.165, 1.54) is 0 Å². The number of amides is 1. The Labute approximate surface area is 113 Å². The molecule has 1 atom stereocenters. The third-order valence-electron chi connectivity index (χ3n) is 3.31. The van der Waals surface area contributed by atoms with Crippen LogP contribution in [0.3, 0.4) is 0 Å². The summed E-state index contributed by atoms with van der Waals surface area (Å²) in [6.45, 7) is 3.45. The lowest BCUT2D eigenvalue weighted by Crippen LogP contribution is -2.45. The SMILES string of the molecule is CNCc1ccc2c(c1)N(C(C)CCN)C(=O)CO2. The van der Waals surface area contributed by atoms with Crippen molar-refractivity contribution in [3.63, 3.8) is 0 Å². The normalized spacial score (nSPS) is 15.9. The Hall–Kier alpha value is -1.59. The van der Waals surface area contributed by atoms with E-state index in [0.29, 0.717) is 6.54 Å². The highest BCUT2D eigenvalue weighted by molar-refractivity contribution is 5.98. The third kappa shape index (κ3) is 2.88. The number of carbonyl (C=O) groups excluding carboxylic acids is 1. The van der Waals surface area contributed by atoms with Gasteiger partial charge in [0.05, 0.1) is 5.69 Å². The molecule has 104 valence electrons. The number of benzene rings is 1. The Balaban J connectivity index is 2.35. The topological polar surface area (TPSA) is 67.6 Å². The number of ether oxygens (including phenoxy) is 1. The van der Waals surface area contributed by atoms with Gasteiger partial charge < -0.3 is 20.7 Å². The first kappa shape index (κ1) is 13.8. The first-order valence-electron chi connectivity index (χ1n) is 6.59. The number of nitrogens with zero attached hydrogens (tertiary/aromatic N) is 1. The van der Waals surface area contributed by atoms with Crippen LogP contribution in [0.2, 0.25) is 0 Å². The molecule has 0 spiro atoms.